The van der Waals surface area contributed by atoms with Gasteiger partial charge in [0.05, 0.1) is 31.5 Å². The summed E-state index contributed by atoms with van der Waals surface area (Å²) >= 11 is 0. The molecule has 0 spiro atoms. The molecule has 204 valence electrons. The fraction of sp³-hybridized carbons (Fsp3) is 0.500. The van der Waals surface area contributed by atoms with Gasteiger partial charge < -0.3 is 54.7 Å². The maximum Gasteiger partial charge on any atom is 0.335 e. The number of aliphatic carboxylic acids is 1. The normalized spacial score (nSPS) is 30.9. The first-order valence-corrected chi connectivity index (χ1v) is 11.4. The number of hydrogen-bond donors (Lipinski definition) is 7. The minimum absolute atomic E-state index is 0.0750. The quantitative estimate of drug-likeness (QED) is 0.120. The number of hydrogen-bond acceptors (Lipinski definition) is 12. The van der Waals surface area contributed by atoms with E-state index in [0.29, 0.717) is 5.56 Å². The van der Waals surface area contributed by atoms with Crippen molar-refractivity contribution < 1.29 is 64.3 Å². The number of esters is 1. The average Bonchev–Trinajstić information content (AvgIpc) is 2.86. The zero-order chi connectivity index (χ0) is 27.3. The minimum atomic E-state index is -1.72. The van der Waals surface area contributed by atoms with E-state index in [1.165, 1.54) is 18.2 Å². The third-order valence-electron chi connectivity index (χ3n) is 6.12. The van der Waals surface area contributed by atoms with Gasteiger partial charge in [-0.05, 0) is 24.6 Å². The number of phenolic OH excluding ortho intramolecular Hbond substituents is 2. The van der Waals surface area contributed by atoms with Crippen LogP contribution in [-0.4, -0.2) is 97.9 Å². The van der Waals surface area contributed by atoms with Crippen LogP contribution in [0.5, 0.6) is 11.5 Å². The number of carbonyl (C=O) groups is 2. The molecule has 37 heavy (non-hydrogen) atoms. The molecule has 2 heterocycles. The number of rotatable bonds is 9. The number of phenols is 2. The van der Waals surface area contributed by atoms with Crippen LogP contribution in [0.2, 0.25) is 0 Å². The molecule has 7 atom stereocenters. The number of benzene rings is 1. The van der Waals surface area contributed by atoms with E-state index in [1.807, 2.05) is 0 Å². The van der Waals surface area contributed by atoms with Crippen molar-refractivity contribution in [3.05, 3.63) is 47.2 Å². The van der Waals surface area contributed by atoms with E-state index < -0.39 is 67.9 Å². The van der Waals surface area contributed by atoms with Crippen molar-refractivity contribution in [3.63, 3.8) is 0 Å². The molecule has 0 aliphatic carbocycles. The number of carboxylic acids is 1. The van der Waals surface area contributed by atoms with Crippen molar-refractivity contribution in [1.29, 1.82) is 0 Å². The molecule has 1 saturated heterocycles. The fourth-order valence-corrected chi connectivity index (χ4v) is 4.05. The number of carbonyl (C=O) groups excluding carboxylic acids is 1. The molecule has 13 heteroatoms. The summed E-state index contributed by atoms with van der Waals surface area (Å²) in [4.78, 5) is 24.4. The standard InChI is InChI=1S/C24H30O13/c1-2-12-13(8-18(28)34-6-5-11-3-4-15(26)16(27)7-11)14(22(32)33)10-35-23(12)37-24-21(31)20(30)19(29)17(9-25)36-24/h2-4,7,10,13,17,19-21,23-27,29-31H,5-6,8-9H2,1H3,(H,32,33)/t13-,17+,19+,20-,21+,23-,24+/m0/s1. The zero-order valence-electron chi connectivity index (χ0n) is 19.8. The van der Waals surface area contributed by atoms with Crippen LogP contribution in [0.4, 0.5) is 0 Å². The van der Waals surface area contributed by atoms with Gasteiger partial charge in [0.25, 0.3) is 0 Å². The Bertz CT molecular complexity index is 1030. The third kappa shape index (κ3) is 6.57. The number of aliphatic hydroxyl groups is 4. The predicted octanol–water partition coefficient (Wildman–Crippen LogP) is -0.723. The van der Waals surface area contributed by atoms with Crippen LogP contribution in [0.3, 0.4) is 0 Å². The summed E-state index contributed by atoms with van der Waals surface area (Å²) < 4.78 is 21.6. The molecule has 2 aliphatic rings. The van der Waals surface area contributed by atoms with Gasteiger partial charge in [0.1, 0.15) is 24.4 Å². The second kappa shape index (κ2) is 12.4. The molecular formula is C24H30O13. The Labute approximate surface area is 211 Å². The van der Waals surface area contributed by atoms with Gasteiger partial charge in [-0.3, -0.25) is 4.79 Å². The molecule has 0 saturated carbocycles. The highest BCUT2D eigenvalue weighted by atomic mass is 16.8. The molecule has 1 aromatic carbocycles. The molecule has 2 aliphatic heterocycles. The molecule has 13 nitrogen and oxygen atoms in total. The van der Waals surface area contributed by atoms with Crippen LogP contribution in [0, 0.1) is 5.92 Å². The van der Waals surface area contributed by atoms with Crippen LogP contribution in [-0.2, 0) is 35.0 Å². The van der Waals surface area contributed by atoms with Gasteiger partial charge in [-0.25, -0.2) is 4.79 Å². The van der Waals surface area contributed by atoms with Crippen molar-refractivity contribution >= 4 is 11.9 Å². The molecule has 0 aromatic heterocycles. The van der Waals surface area contributed by atoms with Crippen LogP contribution in [0.25, 0.3) is 0 Å². The van der Waals surface area contributed by atoms with Crippen LogP contribution >= 0.6 is 0 Å². The molecule has 0 amide bonds. The maximum absolute atomic E-state index is 12.6. The Morgan fingerprint density at radius 2 is 1.81 bits per heavy atom. The summed E-state index contributed by atoms with van der Waals surface area (Å²) in [7, 11) is 0. The number of ether oxygens (including phenoxy) is 4. The van der Waals surface area contributed by atoms with Gasteiger partial charge in [0.15, 0.2) is 17.8 Å². The number of allylic oxidation sites excluding steroid dienone is 1. The first-order valence-electron chi connectivity index (χ1n) is 11.4. The predicted molar refractivity (Wildman–Crippen MR) is 122 cm³/mol. The Hall–Kier alpha value is -3.20. The lowest BCUT2D eigenvalue weighted by atomic mass is 9.86. The summed E-state index contributed by atoms with van der Waals surface area (Å²) in [6.45, 7) is 0.811. The first-order chi connectivity index (χ1) is 17.6. The van der Waals surface area contributed by atoms with Gasteiger partial charge in [0.2, 0.25) is 6.29 Å². The van der Waals surface area contributed by atoms with Crippen molar-refractivity contribution in [3.8, 4) is 11.5 Å². The highest BCUT2D eigenvalue weighted by molar-refractivity contribution is 5.89. The monoisotopic (exact) mass is 526 g/mol. The second-order valence-corrected chi connectivity index (χ2v) is 8.52. The van der Waals surface area contributed by atoms with Gasteiger partial charge in [-0.15, -0.1) is 0 Å². The van der Waals surface area contributed by atoms with Gasteiger partial charge >= 0.3 is 11.9 Å². The highest BCUT2D eigenvalue weighted by Crippen LogP contribution is 2.36. The van der Waals surface area contributed by atoms with Crippen molar-refractivity contribution in [2.24, 2.45) is 5.92 Å². The molecule has 1 aromatic rings. The lowest BCUT2D eigenvalue weighted by molar-refractivity contribution is -0.327. The summed E-state index contributed by atoms with van der Waals surface area (Å²) in [5, 5.41) is 68.1. The summed E-state index contributed by atoms with van der Waals surface area (Å²) in [6, 6.07) is 4.17. The average molecular weight is 526 g/mol. The molecule has 1 fully saturated rings. The topological polar surface area (TPSA) is 213 Å². The molecule has 0 radical (unpaired) electrons. The maximum atomic E-state index is 12.6. The molecular weight excluding hydrogens is 496 g/mol. The SMILES string of the molecule is CC=C1[C@H](O[C@H]2O[C@H](CO)[C@@H](O)[C@H](O)[C@H]2O)OC=C(C(=O)O)[C@H]1CC(=O)OCCc1ccc(O)c(O)c1. The highest BCUT2D eigenvalue weighted by Gasteiger charge is 2.46. The second-order valence-electron chi connectivity index (χ2n) is 8.52. The Morgan fingerprint density at radius 1 is 1.08 bits per heavy atom. The van der Waals surface area contributed by atoms with Crippen LogP contribution in [0.15, 0.2) is 41.7 Å². The number of carboxylic acid groups (broad SMARTS) is 1. The van der Waals surface area contributed by atoms with Crippen molar-refractivity contribution in [2.45, 2.75) is 56.8 Å². The Balaban J connectivity index is 1.68. The van der Waals surface area contributed by atoms with Crippen molar-refractivity contribution in [1.82, 2.24) is 0 Å². The van der Waals surface area contributed by atoms with Crippen LogP contribution < -0.4 is 0 Å². The summed E-state index contributed by atoms with van der Waals surface area (Å²) in [5.41, 5.74) is 0.557. The van der Waals surface area contributed by atoms with Gasteiger partial charge in [-0.2, -0.15) is 0 Å². The van der Waals surface area contributed by atoms with E-state index in [9.17, 15) is 45.3 Å². The third-order valence-corrected chi connectivity index (χ3v) is 6.12. The van der Waals surface area contributed by atoms with E-state index in [1.54, 1.807) is 13.0 Å². The van der Waals surface area contributed by atoms with Gasteiger partial charge in [0, 0.05) is 17.9 Å². The lowest BCUT2D eigenvalue weighted by Crippen LogP contribution is -2.60. The molecule has 0 unspecified atom stereocenters. The smallest absolute Gasteiger partial charge is 0.335 e. The Kier molecular flexibility index (Phi) is 9.48. The first kappa shape index (κ1) is 28.4. The van der Waals surface area contributed by atoms with Crippen molar-refractivity contribution in [2.75, 3.05) is 13.2 Å². The number of aromatic hydroxyl groups is 2. The van der Waals surface area contributed by atoms with E-state index in [0.717, 1.165) is 6.26 Å². The van der Waals surface area contributed by atoms with E-state index in [-0.39, 0.29) is 35.7 Å². The lowest BCUT2D eigenvalue weighted by Gasteiger charge is -2.41. The molecule has 0 bridgehead atoms. The van der Waals surface area contributed by atoms with E-state index in [4.69, 9.17) is 18.9 Å². The largest absolute Gasteiger partial charge is 0.504 e. The van der Waals surface area contributed by atoms with Gasteiger partial charge in [-0.1, -0.05) is 12.1 Å². The van der Waals surface area contributed by atoms with Crippen LogP contribution in [0.1, 0.15) is 18.9 Å². The zero-order valence-corrected chi connectivity index (χ0v) is 19.8. The minimum Gasteiger partial charge on any atom is -0.504 e. The Morgan fingerprint density at radius 3 is 2.43 bits per heavy atom. The molecule has 3 rings (SSSR count). The summed E-state index contributed by atoms with van der Waals surface area (Å²) in [6.07, 6.45) is -6.90. The number of aliphatic hydroxyl groups excluding tert-OH is 4. The fourth-order valence-electron chi connectivity index (χ4n) is 4.05. The molecule has 7 N–H and O–H groups in total. The summed E-state index contributed by atoms with van der Waals surface area (Å²) in [5.74, 6) is -3.70. The van der Waals surface area contributed by atoms with E-state index in [2.05, 4.69) is 0 Å². The van der Waals surface area contributed by atoms with E-state index >= 15 is 0 Å².